The summed E-state index contributed by atoms with van der Waals surface area (Å²) in [6, 6.07) is 9.49. The monoisotopic (exact) mass is 287 g/mol. The number of aromatic amines is 1. The summed E-state index contributed by atoms with van der Waals surface area (Å²) in [6.07, 6.45) is 0.660. The third-order valence-corrected chi connectivity index (χ3v) is 3.09. The molecule has 1 heterocycles. The molecule has 7 nitrogen and oxygen atoms in total. The van der Waals surface area contributed by atoms with Gasteiger partial charge in [0.2, 0.25) is 11.9 Å². The molecular weight excluding hydrogens is 270 g/mol. The predicted octanol–water partition coefficient (Wildman–Crippen LogP) is 1.11. The molecule has 0 saturated heterocycles. The van der Waals surface area contributed by atoms with Crippen LogP contribution in [0.1, 0.15) is 30.5 Å². The van der Waals surface area contributed by atoms with Gasteiger partial charge in [-0.2, -0.15) is 0 Å². The number of nitrogens with one attached hydrogen (secondary N) is 3. The summed E-state index contributed by atoms with van der Waals surface area (Å²) in [5, 5.41) is 7.41. The normalized spacial score (nSPS) is 11.7. The number of hydrogen-bond acceptors (Lipinski definition) is 5. The number of hydrazine groups is 1. The van der Waals surface area contributed by atoms with Crippen molar-refractivity contribution in [2.75, 3.05) is 5.43 Å². The van der Waals surface area contributed by atoms with Crippen LogP contribution >= 0.6 is 0 Å². The van der Waals surface area contributed by atoms with Crippen LogP contribution in [0, 0.1) is 6.92 Å². The number of anilines is 1. The first kappa shape index (κ1) is 14.7. The molecule has 1 aromatic carbocycles. The second-order valence-corrected chi connectivity index (χ2v) is 4.57. The minimum atomic E-state index is -0.350. The Morgan fingerprint density at radius 2 is 2.00 bits per heavy atom. The van der Waals surface area contributed by atoms with Crippen molar-refractivity contribution >= 4 is 11.9 Å². The van der Waals surface area contributed by atoms with Crippen LogP contribution in [0.5, 0.6) is 0 Å². The van der Waals surface area contributed by atoms with Crippen molar-refractivity contribution in [3.63, 3.8) is 0 Å². The van der Waals surface area contributed by atoms with Crippen molar-refractivity contribution in [3.05, 3.63) is 51.9 Å². The zero-order valence-corrected chi connectivity index (χ0v) is 11.9. The van der Waals surface area contributed by atoms with Gasteiger partial charge in [-0.15, -0.1) is 10.2 Å². The average molecular weight is 287 g/mol. The molecule has 0 spiro atoms. The molecular formula is C14H17N5O2. The van der Waals surface area contributed by atoms with E-state index in [1.807, 2.05) is 37.3 Å². The minimum Gasteiger partial charge on any atom is -0.288 e. The van der Waals surface area contributed by atoms with Crippen LogP contribution in [0.3, 0.4) is 0 Å². The Morgan fingerprint density at radius 1 is 1.29 bits per heavy atom. The highest BCUT2D eigenvalue weighted by Crippen LogP contribution is 2.18. The van der Waals surface area contributed by atoms with Gasteiger partial charge < -0.3 is 0 Å². The molecule has 0 unspecified atom stereocenters. The molecule has 1 aromatic heterocycles. The Labute approximate surface area is 121 Å². The zero-order chi connectivity index (χ0) is 15.2. The molecule has 0 aliphatic rings. The van der Waals surface area contributed by atoms with E-state index in [-0.39, 0.29) is 29.0 Å². The molecule has 2 rings (SSSR count). The minimum absolute atomic E-state index is 0.0989. The van der Waals surface area contributed by atoms with E-state index in [1.165, 1.54) is 0 Å². The van der Waals surface area contributed by atoms with Crippen LogP contribution in [0.25, 0.3) is 0 Å². The van der Waals surface area contributed by atoms with Gasteiger partial charge in [-0.25, -0.2) is 0 Å². The largest absolute Gasteiger partial charge is 0.288 e. The Morgan fingerprint density at radius 3 is 2.62 bits per heavy atom. The summed E-state index contributed by atoms with van der Waals surface area (Å²) in [7, 11) is 0. The van der Waals surface area contributed by atoms with Crippen LogP contribution in [0.4, 0.5) is 5.95 Å². The Balaban J connectivity index is 2.03. The lowest BCUT2D eigenvalue weighted by atomic mass is 9.96. The zero-order valence-electron chi connectivity index (χ0n) is 11.9. The van der Waals surface area contributed by atoms with Crippen molar-refractivity contribution in [3.8, 4) is 0 Å². The van der Waals surface area contributed by atoms with Crippen LogP contribution < -0.4 is 16.4 Å². The summed E-state index contributed by atoms with van der Waals surface area (Å²) in [6.45, 7) is 3.49. The molecule has 0 fully saturated rings. The van der Waals surface area contributed by atoms with E-state index in [9.17, 15) is 9.59 Å². The van der Waals surface area contributed by atoms with Gasteiger partial charge in [0.15, 0.2) is 0 Å². The van der Waals surface area contributed by atoms with Crippen LogP contribution in [-0.4, -0.2) is 21.1 Å². The van der Waals surface area contributed by atoms with Gasteiger partial charge in [0, 0.05) is 0 Å². The van der Waals surface area contributed by atoms with Crippen molar-refractivity contribution in [2.24, 2.45) is 0 Å². The maximum absolute atomic E-state index is 12.2. The molecule has 21 heavy (non-hydrogen) atoms. The van der Waals surface area contributed by atoms with Gasteiger partial charge in [0.1, 0.15) is 5.69 Å². The first-order valence-corrected chi connectivity index (χ1v) is 6.66. The van der Waals surface area contributed by atoms with Crippen molar-refractivity contribution in [1.29, 1.82) is 0 Å². The summed E-state index contributed by atoms with van der Waals surface area (Å²) in [5.74, 6) is -0.377. The van der Waals surface area contributed by atoms with Crippen molar-refractivity contribution in [1.82, 2.24) is 20.6 Å². The highest BCUT2D eigenvalue weighted by Gasteiger charge is 2.18. The highest BCUT2D eigenvalue weighted by molar-refractivity contribution is 5.84. The molecule has 2 aromatic rings. The maximum atomic E-state index is 12.2. The fourth-order valence-electron chi connectivity index (χ4n) is 1.92. The van der Waals surface area contributed by atoms with Crippen LogP contribution in [0.15, 0.2) is 35.1 Å². The standard InChI is InChI=1S/C14H17N5O2/c1-3-11(10-7-5-4-6-8-10)13(21)17-19-14-15-12(20)9(2)16-18-14/h4-8,11H,3H2,1-2H3,(H,17,21)(H2,15,18,19,20)/t11-/m1/s1. The third kappa shape index (κ3) is 3.65. The van der Waals surface area contributed by atoms with Gasteiger partial charge in [0.05, 0.1) is 5.92 Å². The molecule has 0 aliphatic carbocycles. The molecule has 7 heteroatoms. The molecule has 0 saturated carbocycles. The van der Waals surface area contributed by atoms with Gasteiger partial charge in [-0.1, -0.05) is 37.3 Å². The number of benzene rings is 1. The molecule has 1 amide bonds. The van der Waals surface area contributed by atoms with Crippen LogP contribution in [0.2, 0.25) is 0 Å². The summed E-state index contributed by atoms with van der Waals surface area (Å²) in [5.41, 5.74) is 5.95. The number of rotatable bonds is 5. The summed E-state index contributed by atoms with van der Waals surface area (Å²) in [4.78, 5) is 26.0. The summed E-state index contributed by atoms with van der Waals surface area (Å²) < 4.78 is 0. The second-order valence-electron chi connectivity index (χ2n) is 4.57. The average Bonchev–Trinajstić information content (AvgIpc) is 2.50. The first-order valence-electron chi connectivity index (χ1n) is 6.66. The lowest BCUT2D eigenvalue weighted by Gasteiger charge is -2.15. The van der Waals surface area contributed by atoms with Gasteiger partial charge in [-0.3, -0.25) is 25.4 Å². The van der Waals surface area contributed by atoms with E-state index in [4.69, 9.17) is 0 Å². The highest BCUT2D eigenvalue weighted by atomic mass is 16.2. The van der Waals surface area contributed by atoms with E-state index in [1.54, 1.807) is 6.92 Å². The summed E-state index contributed by atoms with van der Waals surface area (Å²) >= 11 is 0. The van der Waals surface area contributed by atoms with E-state index in [2.05, 4.69) is 26.0 Å². The Hall–Kier alpha value is -2.70. The SMILES string of the molecule is CC[C@@H](C(=O)NNc1nnc(C)c(=O)[nH]1)c1ccccc1. The number of carbonyl (C=O) groups excluding carboxylic acids is 1. The number of amides is 1. The fourth-order valence-corrected chi connectivity index (χ4v) is 1.92. The molecule has 3 N–H and O–H groups in total. The lowest BCUT2D eigenvalue weighted by Crippen LogP contribution is -2.35. The maximum Gasteiger partial charge on any atom is 0.274 e. The predicted molar refractivity (Wildman–Crippen MR) is 78.6 cm³/mol. The number of H-pyrrole nitrogens is 1. The van der Waals surface area contributed by atoms with Crippen molar-refractivity contribution < 1.29 is 4.79 Å². The van der Waals surface area contributed by atoms with E-state index < -0.39 is 0 Å². The number of aromatic nitrogens is 3. The number of carbonyl (C=O) groups is 1. The van der Waals surface area contributed by atoms with Gasteiger partial charge in [0.25, 0.3) is 5.56 Å². The van der Waals surface area contributed by atoms with Crippen molar-refractivity contribution in [2.45, 2.75) is 26.2 Å². The molecule has 0 bridgehead atoms. The third-order valence-electron chi connectivity index (χ3n) is 3.09. The molecule has 1 atom stereocenters. The fraction of sp³-hybridized carbons (Fsp3) is 0.286. The molecule has 0 radical (unpaired) electrons. The Bertz CT molecular complexity index is 669. The van der Waals surface area contributed by atoms with E-state index >= 15 is 0 Å². The number of hydrogen-bond donors (Lipinski definition) is 3. The first-order chi connectivity index (χ1) is 10.1. The number of aryl methyl sites for hydroxylation is 1. The van der Waals surface area contributed by atoms with Gasteiger partial charge in [-0.05, 0) is 18.9 Å². The quantitative estimate of drug-likeness (QED) is 0.715. The molecule has 110 valence electrons. The van der Waals surface area contributed by atoms with Gasteiger partial charge >= 0.3 is 0 Å². The second kappa shape index (κ2) is 6.65. The van der Waals surface area contributed by atoms with E-state index in [0.717, 1.165) is 5.56 Å². The lowest BCUT2D eigenvalue weighted by molar-refractivity contribution is -0.122. The van der Waals surface area contributed by atoms with Crippen LogP contribution in [-0.2, 0) is 4.79 Å². The Kier molecular flexibility index (Phi) is 4.65. The molecule has 0 aliphatic heterocycles. The topological polar surface area (TPSA) is 99.8 Å². The van der Waals surface area contributed by atoms with E-state index in [0.29, 0.717) is 6.42 Å². The number of nitrogens with zero attached hydrogens (tertiary/aromatic N) is 2. The smallest absolute Gasteiger partial charge is 0.274 e.